The molecule has 47 heavy (non-hydrogen) atoms. The summed E-state index contributed by atoms with van der Waals surface area (Å²) in [6.45, 7) is 5.33. The van der Waals surface area contributed by atoms with Gasteiger partial charge in [0.05, 0.1) is 17.1 Å². The van der Waals surface area contributed by atoms with Gasteiger partial charge >= 0.3 is 0 Å². The molecule has 1 fully saturated rings. The second-order valence-corrected chi connectivity index (χ2v) is 14.7. The maximum atomic E-state index is 14.3. The Bertz CT molecular complexity index is 1460. The summed E-state index contributed by atoms with van der Waals surface area (Å²) in [6.07, 6.45) is 1.59. The van der Waals surface area contributed by atoms with Gasteiger partial charge in [-0.2, -0.15) is 0 Å². The summed E-state index contributed by atoms with van der Waals surface area (Å²) in [7, 11) is -3.89. The summed E-state index contributed by atoms with van der Waals surface area (Å²) in [5.41, 5.74) is 8.17. The minimum Gasteiger partial charge on any atom is -0.390 e. The lowest BCUT2D eigenvalue weighted by Gasteiger charge is -2.32. The SMILES string of the molecule is CCCC(CCC)S(=O)(=O)CC(NC(=O)[C@@H]1CCC(=O)N1)C(=O)N(Cc1cccc(CC)c1)C[C@@H](O)[C@@H](N)Cc1cc(F)cc(F)c1. The van der Waals surface area contributed by atoms with Gasteiger partial charge < -0.3 is 26.4 Å². The van der Waals surface area contributed by atoms with Crippen LogP contribution in [0.3, 0.4) is 0 Å². The normalized spacial score (nSPS) is 16.9. The van der Waals surface area contributed by atoms with Gasteiger partial charge in [-0.15, -0.1) is 0 Å². The number of carbonyl (C=O) groups is 3. The lowest BCUT2D eigenvalue weighted by Crippen LogP contribution is -2.57. The molecule has 5 N–H and O–H groups in total. The highest BCUT2D eigenvalue weighted by atomic mass is 32.2. The molecule has 1 unspecified atom stereocenters. The summed E-state index contributed by atoms with van der Waals surface area (Å²) >= 11 is 0. The Morgan fingerprint density at radius 3 is 2.26 bits per heavy atom. The monoisotopic (exact) mass is 678 g/mol. The lowest BCUT2D eigenvalue weighted by molar-refractivity contribution is -0.138. The Labute approximate surface area is 276 Å². The van der Waals surface area contributed by atoms with E-state index in [-0.39, 0.29) is 43.8 Å². The zero-order valence-electron chi connectivity index (χ0n) is 27.4. The van der Waals surface area contributed by atoms with Crippen LogP contribution in [0.15, 0.2) is 42.5 Å². The summed E-state index contributed by atoms with van der Waals surface area (Å²) in [4.78, 5) is 40.7. The number of rotatable bonds is 18. The number of hydrogen-bond donors (Lipinski definition) is 4. The number of sulfone groups is 1. The predicted molar refractivity (Wildman–Crippen MR) is 176 cm³/mol. The number of nitrogens with one attached hydrogen (secondary N) is 2. The molecule has 2 aromatic rings. The molecule has 0 aromatic heterocycles. The van der Waals surface area contributed by atoms with Crippen LogP contribution in [0.2, 0.25) is 0 Å². The number of nitrogens with zero attached hydrogens (tertiary/aromatic N) is 1. The van der Waals surface area contributed by atoms with Crippen LogP contribution in [0.5, 0.6) is 0 Å². The number of nitrogens with two attached hydrogens (primary N) is 1. The summed E-state index contributed by atoms with van der Waals surface area (Å²) in [5, 5.41) is 15.6. The molecule has 0 bridgehead atoms. The summed E-state index contributed by atoms with van der Waals surface area (Å²) < 4.78 is 55.0. The first kappa shape index (κ1) is 38.0. The summed E-state index contributed by atoms with van der Waals surface area (Å²) in [5.74, 6) is -4.00. The van der Waals surface area contributed by atoms with Crippen LogP contribution in [0.25, 0.3) is 0 Å². The topological polar surface area (TPSA) is 159 Å². The van der Waals surface area contributed by atoms with E-state index in [9.17, 15) is 36.7 Å². The standard InChI is InChI=1S/C34H48F2N4O6S/c1-4-8-27(9-5-2)47(45,46)21-30(39-33(43)29-12-13-32(42)38-29)34(44)40(19-23-11-7-10-22(6-3)14-23)20-31(41)28(37)17-24-15-25(35)18-26(36)16-24/h7,10-11,14-16,18,27-31,41H,4-6,8-9,12-13,17,19-21,37H2,1-3H3,(H,38,42)(H,39,43)/t28-,29-,30?,31+/m0/s1. The van der Waals surface area contributed by atoms with Crippen LogP contribution in [0.1, 0.15) is 76.0 Å². The van der Waals surface area contributed by atoms with E-state index in [1.807, 2.05) is 39.0 Å². The van der Waals surface area contributed by atoms with E-state index >= 15 is 0 Å². The van der Waals surface area contributed by atoms with Crippen molar-refractivity contribution in [3.63, 3.8) is 0 Å². The Kier molecular flexibility index (Phi) is 14.3. The van der Waals surface area contributed by atoms with Crippen LogP contribution in [0.4, 0.5) is 8.78 Å². The zero-order valence-corrected chi connectivity index (χ0v) is 28.2. The van der Waals surface area contributed by atoms with E-state index in [1.165, 1.54) is 4.90 Å². The molecule has 10 nitrogen and oxygen atoms in total. The van der Waals surface area contributed by atoms with Crippen molar-refractivity contribution in [3.05, 3.63) is 70.8 Å². The van der Waals surface area contributed by atoms with Crippen molar-refractivity contribution < 1.29 is 36.7 Å². The van der Waals surface area contributed by atoms with Gasteiger partial charge in [0.1, 0.15) is 23.7 Å². The van der Waals surface area contributed by atoms with Crippen LogP contribution in [0, 0.1) is 11.6 Å². The number of aliphatic hydroxyl groups excluding tert-OH is 1. The van der Waals surface area contributed by atoms with Crippen LogP contribution in [-0.2, 0) is 43.6 Å². The number of amides is 3. The molecule has 1 aliphatic rings. The highest BCUT2D eigenvalue weighted by Crippen LogP contribution is 2.20. The van der Waals surface area contributed by atoms with Gasteiger partial charge in [0.25, 0.3) is 0 Å². The molecule has 3 amide bonds. The number of carbonyl (C=O) groups excluding carboxylic acids is 3. The molecule has 3 rings (SSSR count). The van der Waals surface area contributed by atoms with Gasteiger partial charge in [-0.1, -0.05) is 57.9 Å². The van der Waals surface area contributed by atoms with E-state index in [4.69, 9.17) is 5.73 Å². The van der Waals surface area contributed by atoms with Gasteiger partial charge in [-0.3, -0.25) is 14.4 Å². The molecular formula is C34H48F2N4O6S. The maximum absolute atomic E-state index is 14.3. The number of benzene rings is 2. The first-order chi connectivity index (χ1) is 22.3. The van der Waals surface area contributed by atoms with E-state index in [0.717, 1.165) is 30.2 Å². The molecule has 1 aliphatic heterocycles. The fourth-order valence-corrected chi connectivity index (χ4v) is 8.05. The van der Waals surface area contributed by atoms with Crippen molar-refractivity contribution in [1.29, 1.82) is 0 Å². The van der Waals surface area contributed by atoms with E-state index in [2.05, 4.69) is 10.6 Å². The van der Waals surface area contributed by atoms with Gasteiger partial charge in [-0.05, 0) is 60.9 Å². The predicted octanol–water partition coefficient (Wildman–Crippen LogP) is 2.93. The van der Waals surface area contributed by atoms with Crippen molar-refractivity contribution in [2.45, 2.75) is 108 Å². The fourth-order valence-electron chi connectivity index (χ4n) is 5.89. The van der Waals surface area contributed by atoms with E-state index in [0.29, 0.717) is 31.2 Å². The number of halogens is 2. The lowest BCUT2D eigenvalue weighted by atomic mass is 10.0. The average molecular weight is 679 g/mol. The van der Waals surface area contributed by atoms with Gasteiger partial charge in [0.2, 0.25) is 17.7 Å². The third-order valence-corrected chi connectivity index (χ3v) is 10.7. The number of hydrogen-bond acceptors (Lipinski definition) is 7. The van der Waals surface area contributed by atoms with E-state index < -0.39 is 68.5 Å². The van der Waals surface area contributed by atoms with Crippen LogP contribution >= 0.6 is 0 Å². The van der Waals surface area contributed by atoms with Gasteiger partial charge in [-0.25, -0.2) is 17.2 Å². The van der Waals surface area contributed by atoms with Crippen LogP contribution < -0.4 is 16.4 Å². The quantitative estimate of drug-likeness (QED) is 0.189. The van der Waals surface area contributed by atoms with Crippen molar-refractivity contribution >= 4 is 27.6 Å². The highest BCUT2D eigenvalue weighted by molar-refractivity contribution is 7.92. The molecule has 13 heteroatoms. The van der Waals surface area contributed by atoms with Crippen molar-refractivity contribution in [3.8, 4) is 0 Å². The minimum atomic E-state index is -3.89. The zero-order chi connectivity index (χ0) is 34.7. The summed E-state index contributed by atoms with van der Waals surface area (Å²) in [6, 6.07) is 6.89. The molecule has 4 atom stereocenters. The Morgan fingerprint density at radius 1 is 1.04 bits per heavy atom. The fraction of sp³-hybridized carbons (Fsp3) is 0.559. The van der Waals surface area contributed by atoms with Gasteiger partial charge in [0.15, 0.2) is 9.84 Å². The molecule has 1 saturated heterocycles. The average Bonchev–Trinajstić information content (AvgIpc) is 3.45. The van der Waals surface area contributed by atoms with Crippen LogP contribution in [-0.4, -0.2) is 77.9 Å². The van der Waals surface area contributed by atoms with Gasteiger partial charge in [0, 0.05) is 31.6 Å². The highest BCUT2D eigenvalue weighted by Gasteiger charge is 2.37. The van der Waals surface area contributed by atoms with Crippen molar-refractivity contribution in [2.75, 3.05) is 12.3 Å². The maximum Gasteiger partial charge on any atom is 0.246 e. The molecule has 2 aromatic carbocycles. The van der Waals surface area contributed by atoms with E-state index in [1.54, 1.807) is 6.07 Å². The molecule has 0 aliphatic carbocycles. The second kappa shape index (κ2) is 17.7. The van der Waals surface area contributed by atoms with Crippen molar-refractivity contribution in [2.24, 2.45) is 5.73 Å². The number of aryl methyl sites for hydroxylation is 1. The first-order valence-electron chi connectivity index (χ1n) is 16.3. The largest absolute Gasteiger partial charge is 0.390 e. The van der Waals surface area contributed by atoms with Crippen molar-refractivity contribution in [1.82, 2.24) is 15.5 Å². The smallest absolute Gasteiger partial charge is 0.246 e. The molecular weight excluding hydrogens is 630 g/mol. The third-order valence-electron chi connectivity index (χ3n) is 8.43. The molecule has 1 heterocycles. The molecule has 0 saturated carbocycles. The first-order valence-corrected chi connectivity index (χ1v) is 18.0. The number of aliphatic hydroxyl groups is 1. The third kappa shape index (κ3) is 11.4. The Morgan fingerprint density at radius 2 is 1.68 bits per heavy atom. The molecule has 260 valence electrons. The molecule has 0 spiro atoms. The Hall–Kier alpha value is -3.42. The molecule has 0 radical (unpaired) electrons. The Balaban J connectivity index is 1.96. The minimum absolute atomic E-state index is 0.0367. The second-order valence-electron chi connectivity index (χ2n) is 12.4.